The molecule has 2 aromatic heterocycles. The van der Waals surface area contributed by atoms with Crippen LogP contribution in [0.2, 0.25) is 0 Å². The molecule has 0 aliphatic carbocycles. The molecule has 0 N–H and O–H groups in total. The van der Waals surface area contributed by atoms with E-state index >= 15 is 0 Å². The molecular formula is C14H11BrN2O. The molecule has 18 heavy (non-hydrogen) atoms. The van der Waals surface area contributed by atoms with Crippen molar-refractivity contribution in [1.29, 1.82) is 0 Å². The Morgan fingerprint density at radius 2 is 2.06 bits per heavy atom. The zero-order chi connectivity index (χ0) is 12.4. The molecule has 3 nitrogen and oxygen atoms in total. The van der Waals surface area contributed by atoms with E-state index in [0.29, 0.717) is 6.42 Å². The first-order valence-corrected chi connectivity index (χ1v) is 6.63. The van der Waals surface area contributed by atoms with Gasteiger partial charge in [0.1, 0.15) is 5.52 Å². The maximum atomic E-state index is 5.70. The van der Waals surface area contributed by atoms with Crippen LogP contribution in [0.3, 0.4) is 0 Å². The number of pyridine rings is 1. The summed E-state index contributed by atoms with van der Waals surface area (Å²) in [5.41, 5.74) is 2.86. The number of para-hydroxylation sites is 2. The predicted molar refractivity (Wildman–Crippen MR) is 73.6 cm³/mol. The molecule has 3 aromatic rings. The van der Waals surface area contributed by atoms with Crippen LogP contribution in [0.5, 0.6) is 0 Å². The maximum Gasteiger partial charge on any atom is 0.196 e. The second-order valence-electron chi connectivity index (χ2n) is 4.03. The Morgan fingerprint density at radius 3 is 2.83 bits per heavy atom. The van der Waals surface area contributed by atoms with Crippen LogP contribution >= 0.6 is 15.9 Å². The molecule has 0 saturated carbocycles. The number of fused-ring (bicyclic) bond motifs is 1. The number of alkyl halides is 1. The van der Waals surface area contributed by atoms with Gasteiger partial charge in [0, 0.05) is 23.6 Å². The van der Waals surface area contributed by atoms with Crippen LogP contribution in [0.25, 0.3) is 11.1 Å². The number of benzene rings is 1. The molecule has 90 valence electrons. The molecule has 1 aromatic carbocycles. The fraction of sp³-hybridized carbons (Fsp3) is 0.143. The smallest absolute Gasteiger partial charge is 0.196 e. The van der Waals surface area contributed by atoms with E-state index in [1.807, 2.05) is 42.6 Å². The Bertz CT molecular complexity index is 618. The monoisotopic (exact) mass is 302 g/mol. The topological polar surface area (TPSA) is 38.9 Å². The van der Waals surface area contributed by atoms with Gasteiger partial charge in [-0.15, -0.1) is 0 Å². The van der Waals surface area contributed by atoms with Crippen molar-refractivity contribution in [3.05, 3.63) is 60.2 Å². The zero-order valence-electron chi connectivity index (χ0n) is 9.58. The summed E-state index contributed by atoms with van der Waals surface area (Å²) in [7, 11) is 0. The van der Waals surface area contributed by atoms with Gasteiger partial charge < -0.3 is 4.42 Å². The van der Waals surface area contributed by atoms with Crippen LogP contribution in [0.15, 0.2) is 53.2 Å². The summed E-state index contributed by atoms with van der Waals surface area (Å²) in [5, 5.41) is 0. The highest BCUT2D eigenvalue weighted by molar-refractivity contribution is 9.09. The fourth-order valence-electron chi connectivity index (χ4n) is 1.84. The summed E-state index contributed by atoms with van der Waals surface area (Å²) in [4.78, 5) is 8.74. The van der Waals surface area contributed by atoms with Gasteiger partial charge in [-0.2, -0.15) is 0 Å². The average molecular weight is 303 g/mol. The van der Waals surface area contributed by atoms with Crippen molar-refractivity contribution in [3.8, 4) is 0 Å². The lowest BCUT2D eigenvalue weighted by Crippen LogP contribution is -1.95. The number of hydrogen-bond donors (Lipinski definition) is 0. The first-order chi connectivity index (χ1) is 8.83. The molecular weight excluding hydrogens is 292 g/mol. The van der Waals surface area contributed by atoms with Crippen molar-refractivity contribution in [3.63, 3.8) is 0 Å². The third kappa shape index (κ3) is 2.29. The van der Waals surface area contributed by atoms with Crippen LogP contribution in [0, 0.1) is 0 Å². The van der Waals surface area contributed by atoms with Crippen LogP contribution < -0.4 is 0 Å². The Labute approximate surface area is 113 Å². The third-order valence-electron chi connectivity index (χ3n) is 2.74. The lowest BCUT2D eigenvalue weighted by Gasteiger charge is -2.06. The van der Waals surface area contributed by atoms with Crippen molar-refractivity contribution in [1.82, 2.24) is 9.97 Å². The quantitative estimate of drug-likeness (QED) is 0.689. The van der Waals surface area contributed by atoms with Gasteiger partial charge in [-0.3, -0.25) is 4.98 Å². The second-order valence-corrected chi connectivity index (χ2v) is 5.14. The van der Waals surface area contributed by atoms with Crippen LogP contribution in [-0.4, -0.2) is 9.97 Å². The molecule has 0 bridgehead atoms. The van der Waals surface area contributed by atoms with Crippen molar-refractivity contribution in [2.75, 3.05) is 0 Å². The van der Waals surface area contributed by atoms with Crippen LogP contribution in [0.4, 0.5) is 0 Å². The molecule has 1 unspecified atom stereocenters. The molecule has 0 spiro atoms. The molecule has 0 amide bonds. The van der Waals surface area contributed by atoms with Crippen LogP contribution in [0.1, 0.15) is 16.3 Å². The third-order valence-corrected chi connectivity index (χ3v) is 3.59. The summed E-state index contributed by atoms with van der Waals surface area (Å²) in [5.74, 6) is 0.738. The van der Waals surface area contributed by atoms with Crippen LogP contribution in [-0.2, 0) is 6.42 Å². The molecule has 0 saturated heterocycles. The van der Waals surface area contributed by atoms with E-state index in [2.05, 4.69) is 25.9 Å². The minimum absolute atomic E-state index is 0.166. The minimum atomic E-state index is 0.166. The predicted octanol–water partition coefficient (Wildman–Crippen LogP) is 3.90. The molecule has 3 rings (SSSR count). The van der Waals surface area contributed by atoms with Gasteiger partial charge in [-0.1, -0.05) is 34.1 Å². The number of oxazole rings is 1. The van der Waals surface area contributed by atoms with E-state index < -0.39 is 0 Å². The number of nitrogens with zero attached hydrogens (tertiary/aromatic N) is 2. The van der Waals surface area contributed by atoms with E-state index in [1.165, 1.54) is 0 Å². The van der Waals surface area contributed by atoms with Crippen molar-refractivity contribution in [2.24, 2.45) is 0 Å². The van der Waals surface area contributed by atoms with E-state index in [1.54, 1.807) is 6.20 Å². The largest absolute Gasteiger partial charge is 0.441 e. The van der Waals surface area contributed by atoms with Gasteiger partial charge in [0.05, 0.1) is 0 Å². The highest BCUT2D eigenvalue weighted by atomic mass is 79.9. The molecule has 0 aliphatic rings. The number of halogens is 1. The van der Waals surface area contributed by atoms with Gasteiger partial charge in [-0.05, 0) is 23.8 Å². The van der Waals surface area contributed by atoms with Crippen molar-refractivity contribution in [2.45, 2.75) is 11.2 Å². The lowest BCUT2D eigenvalue weighted by atomic mass is 10.1. The minimum Gasteiger partial charge on any atom is -0.441 e. The van der Waals surface area contributed by atoms with Gasteiger partial charge in [-0.25, -0.2) is 4.98 Å². The fourth-order valence-corrected chi connectivity index (χ4v) is 2.39. The second kappa shape index (κ2) is 4.90. The number of aromatic nitrogens is 2. The van der Waals surface area contributed by atoms with Gasteiger partial charge in [0.25, 0.3) is 0 Å². The zero-order valence-corrected chi connectivity index (χ0v) is 11.2. The Balaban J connectivity index is 1.84. The van der Waals surface area contributed by atoms with E-state index in [4.69, 9.17) is 4.42 Å². The van der Waals surface area contributed by atoms with Crippen molar-refractivity contribution < 1.29 is 4.42 Å². The summed E-state index contributed by atoms with van der Waals surface area (Å²) in [6.07, 6.45) is 4.32. The average Bonchev–Trinajstić information content (AvgIpc) is 2.82. The summed E-state index contributed by atoms with van der Waals surface area (Å²) in [6.45, 7) is 0. The Hall–Kier alpha value is -1.68. The van der Waals surface area contributed by atoms with Crippen molar-refractivity contribution >= 4 is 27.0 Å². The van der Waals surface area contributed by atoms with E-state index in [9.17, 15) is 0 Å². The molecule has 0 aliphatic heterocycles. The highest BCUT2D eigenvalue weighted by Crippen LogP contribution is 2.27. The standard InChI is InChI=1S/C14H11BrN2O/c15-11(10-4-3-7-16-9-10)8-14-17-12-5-1-2-6-13(12)18-14/h1-7,9,11H,8H2. The first-order valence-electron chi connectivity index (χ1n) is 5.71. The SMILES string of the molecule is BrC(Cc1nc2ccccc2o1)c1cccnc1. The Morgan fingerprint density at radius 1 is 1.17 bits per heavy atom. The highest BCUT2D eigenvalue weighted by Gasteiger charge is 2.13. The molecule has 0 radical (unpaired) electrons. The molecule has 4 heteroatoms. The molecule has 2 heterocycles. The Kier molecular flexibility index (Phi) is 3.11. The number of rotatable bonds is 3. The van der Waals surface area contributed by atoms with Gasteiger partial charge in [0.2, 0.25) is 0 Å². The summed E-state index contributed by atoms with van der Waals surface area (Å²) < 4.78 is 5.70. The lowest BCUT2D eigenvalue weighted by molar-refractivity contribution is 0.527. The normalized spacial score (nSPS) is 12.7. The van der Waals surface area contributed by atoms with E-state index in [-0.39, 0.29) is 4.83 Å². The summed E-state index contributed by atoms with van der Waals surface area (Å²) >= 11 is 3.64. The molecule has 0 fully saturated rings. The first kappa shape index (κ1) is 11.4. The maximum absolute atomic E-state index is 5.70. The van der Waals surface area contributed by atoms with Gasteiger partial charge in [0.15, 0.2) is 11.5 Å². The molecule has 1 atom stereocenters. The van der Waals surface area contributed by atoms with Gasteiger partial charge >= 0.3 is 0 Å². The summed E-state index contributed by atoms with van der Waals surface area (Å²) in [6, 6.07) is 11.8. The number of hydrogen-bond acceptors (Lipinski definition) is 3. The van der Waals surface area contributed by atoms with E-state index in [0.717, 1.165) is 22.6 Å².